The van der Waals surface area contributed by atoms with Crippen LogP contribution in [0.1, 0.15) is 68.7 Å². The van der Waals surface area contributed by atoms with Crippen LogP contribution in [0, 0.1) is 0 Å². The number of nitrogens with one attached hydrogen (secondary N) is 6. The number of anilines is 6. The zero-order chi connectivity index (χ0) is 51.1. The topological polar surface area (TPSA) is 195 Å². The van der Waals surface area contributed by atoms with Crippen LogP contribution in [0.4, 0.5) is 61.0 Å². The Labute approximate surface area is 410 Å². The summed E-state index contributed by atoms with van der Waals surface area (Å²) in [7, 11) is 3.51. The summed E-state index contributed by atoms with van der Waals surface area (Å²) in [4.78, 5) is 42.8. The van der Waals surface area contributed by atoms with Crippen LogP contribution < -0.4 is 41.4 Å². The lowest BCUT2D eigenvalue weighted by molar-refractivity contribution is -0.138. The fraction of sp³-hybridized carbons (Fsp3) is 0.320. The van der Waals surface area contributed by atoms with E-state index in [1.54, 1.807) is 50.8 Å². The lowest BCUT2D eigenvalue weighted by atomic mass is 10.1. The molecule has 4 aromatic heterocycles. The molecule has 6 heterocycles. The molecule has 2 aliphatic rings. The molecular weight excluding hydrogens is 951 g/mol. The van der Waals surface area contributed by atoms with Gasteiger partial charge in [0.25, 0.3) is 11.8 Å². The average Bonchev–Trinajstić information content (AvgIpc) is 4.12. The zero-order valence-electron chi connectivity index (χ0n) is 39.1. The number of carbonyl (C=O) groups is 2. The van der Waals surface area contributed by atoms with Gasteiger partial charge in [-0.1, -0.05) is 0 Å². The number of hydrogen-bond acceptors (Lipinski definition) is 14. The predicted molar refractivity (Wildman–Crippen MR) is 258 cm³/mol. The van der Waals surface area contributed by atoms with E-state index in [1.807, 2.05) is 24.3 Å². The number of pyridine rings is 4. The Kier molecular flexibility index (Phi) is 17.7. The highest BCUT2D eigenvalue weighted by atomic mass is 19.4. The van der Waals surface area contributed by atoms with Crippen LogP contribution >= 0.6 is 0 Å². The Hall–Kier alpha value is -7.72. The van der Waals surface area contributed by atoms with Crippen molar-refractivity contribution in [1.29, 1.82) is 0 Å². The first-order valence-electron chi connectivity index (χ1n) is 22.8. The van der Waals surface area contributed by atoms with Crippen molar-refractivity contribution < 1.29 is 54.9 Å². The van der Waals surface area contributed by atoms with Gasteiger partial charge in [0.05, 0.1) is 34.5 Å². The molecule has 22 heteroatoms. The predicted octanol–water partition coefficient (Wildman–Crippen LogP) is 9.92. The summed E-state index contributed by atoms with van der Waals surface area (Å²) < 4.78 is 103. The first kappa shape index (κ1) is 52.1. The Morgan fingerprint density at radius 3 is 1.39 bits per heavy atom. The Morgan fingerprint density at radius 2 is 1.01 bits per heavy atom. The zero-order valence-corrected chi connectivity index (χ0v) is 39.1. The Bertz CT molecular complexity index is 2590. The molecule has 0 aliphatic carbocycles. The summed E-state index contributed by atoms with van der Waals surface area (Å²) in [5.41, 5.74) is 0.226. The van der Waals surface area contributed by atoms with Gasteiger partial charge in [0, 0.05) is 88.7 Å². The Morgan fingerprint density at radius 1 is 0.583 bits per heavy atom. The maximum absolute atomic E-state index is 13.5. The number of halogens is 6. The second kappa shape index (κ2) is 24.4. The van der Waals surface area contributed by atoms with Gasteiger partial charge in [-0.05, 0) is 110 Å². The molecule has 0 radical (unpaired) electrons. The van der Waals surface area contributed by atoms with Gasteiger partial charge in [-0.2, -0.15) is 26.3 Å². The third-order valence-electron chi connectivity index (χ3n) is 11.1. The summed E-state index contributed by atoms with van der Waals surface area (Å²) in [6, 6.07) is 19.9. The summed E-state index contributed by atoms with van der Waals surface area (Å²) in [6.07, 6.45) is 0.150. The van der Waals surface area contributed by atoms with Gasteiger partial charge >= 0.3 is 12.4 Å². The summed E-state index contributed by atoms with van der Waals surface area (Å²) in [6.45, 7) is 2.21. The van der Waals surface area contributed by atoms with E-state index in [1.165, 1.54) is 24.5 Å². The molecule has 2 amide bonds. The van der Waals surface area contributed by atoms with Crippen LogP contribution in [0.25, 0.3) is 0 Å². The van der Waals surface area contributed by atoms with E-state index >= 15 is 0 Å². The monoisotopic (exact) mass is 1000 g/mol. The number of ether oxygens (including phenoxy) is 4. The van der Waals surface area contributed by atoms with Crippen molar-refractivity contribution in [2.24, 2.45) is 0 Å². The standard InChI is InChI=1S/2C25H26F3N5O3/c2*1-29-22-10-16(6-8-30-22)14-32-23-21(5-2-7-31-23)24(34)33-18-11-17(25(26,27)28)12-20(13-18)36-15-19-4-3-9-35-19/h2*2,5-8,10-13,19H,3-4,9,14-15H2,1H3,(H,29,30)(H,31,32)(H,33,34)/t2*19-/m10/s1. The van der Waals surface area contributed by atoms with Crippen LogP contribution in [-0.2, 0) is 34.9 Å². The van der Waals surface area contributed by atoms with Gasteiger partial charge in [0.15, 0.2) is 0 Å². The molecular formula is C50H52F6N10O6. The number of alkyl halides is 6. The van der Waals surface area contributed by atoms with Crippen molar-refractivity contribution in [3.63, 3.8) is 0 Å². The molecule has 0 spiro atoms. The van der Waals surface area contributed by atoms with E-state index in [0.717, 1.165) is 61.1 Å². The summed E-state index contributed by atoms with van der Waals surface area (Å²) in [5.74, 6) is 0.739. The van der Waals surface area contributed by atoms with E-state index in [2.05, 4.69) is 51.8 Å². The average molecular weight is 1000 g/mol. The molecule has 0 bridgehead atoms. The van der Waals surface area contributed by atoms with Gasteiger partial charge in [-0.3, -0.25) is 9.59 Å². The first-order valence-corrected chi connectivity index (χ1v) is 22.8. The minimum atomic E-state index is -4.61. The maximum atomic E-state index is 13.5. The first-order chi connectivity index (χ1) is 34.6. The van der Waals surface area contributed by atoms with Crippen molar-refractivity contribution >= 4 is 46.5 Å². The normalized spacial score (nSPS) is 15.4. The van der Waals surface area contributed by atoms with E-state index in [-0.39, 0.29) is 59.4 Å². The van der Waals surface area contributed by atoms with Gasteiger partial charge < -0.3 is 50.8 Å². The molecule has 8 rings (SSSR count). The van der Waals surface area contributed by atoms with E-state index in [9.17, 15) is 35.9 Å². The van der Waals surface area contributed by atoms with E-state index in [4.69, 9.17) is 18.9 Å². The molecule has 72 heavy (non-hydrogen) atoms. The third kappa shape index (κ3) is 15.1. The van der Waals surface area contributed by atoms with Crippen LogP contribution in [0.2, 0.25) is 0 Å². The van der Waals surface area contributed by atoms with Crippen molar-refractivity contribution in [3.8, 4) is 11.5 Å². The van der Waals surface area contributed by atoms with Gasteiger partial charge in [0.2, 0.25) is 0 Å². The van der Waals surface area contributed by atoms with Gasteiger partial charge in [-0.25, -0.2) is 19.9 Å². The van der Waals surface area contributed by atoms with Crippen molar-refractivity contribution in [2.45, 2.75) is 63.3 Å². The molecule has 0 saturated carbocycles. The summed E-state index contributed by atoms with van der Waals surface area (Å²) >= 11 is 0. The van der Waals surface area contributed by atoms with E-state index in [0.29, 0.717) is 49.6 Å². The second-order valence-corrected chi connectivity index (χ2v) is 16.4. The number of hydrogen-bond donors (Lipinski definition) is 6. The van der Waals surface area contributed by atoms with Gasteiger partial charge in [-0.15, -0.1) is 0 Å². The third-order valence-corrected chi connectivity index (χ3v) is 11.1. The van der Waals surface area contributed by atoms with Crippen LogP contribution in [0.5, 0.6) is 11.5 Å². The number of nitrogens with zero attached hydrogens (tertiary/aromatic N) is 4. The highest BCUT2D eigenvalue weighted by Gasteiger charge is 2.33. The van der Waals surface area contributed by atoms with Crippen molar-refractivity contribution in [3.05, 3.63) is 143 Å². The van der Waals surface area contributed by atoms with Crippen LogP contribution in [0.3, 0.4) is 0 Å². The lowest BCUT2D eigenvalue weighted by Crippen LogP contribution is -2.18. The SMILES string of the molecule is CNc1cc(CNc2ncccc2C(=O)Nc2cc(OC[C@@H]3CCCO3)cc(C(F)(F)F)c2)ccn1.CNc1cc(CNc2ncccc2C(=O)Nc2cc(OC[C@H]3CCCO3)cc(C(F)(F)F)c2)ccn1. The van der Waals surface area contributed by atoms with Gasteiger partial charge in [0.1, 0.15) is 48.0 Å². The minimum absolute atomic E-state index is 0.00168. The number of aromatic nitrogens is 4. The fourth-order valence-corrected chi connectivity index (χ4v) is 7.44. The molecule has 6 aromatic rings. The highest BCUT2D eigenvalue weighted by molar-refractivity contribution is 6.08. The molecule has 2 fully saturated rings. The number of benzene rings is 2. The molecule has 2 aliphatic heterocycles. The number of carbonyl (C=O) groups excluding carboxylic acids is 2. The molecule has 6 N–H and O–H groups in total. The number of amides is 2. The minimum Gasteiger partial charge on any atom is -0.491 e. The smallest absolute Gasteiger partial charge is 0.416 e. The maximum Gasteiger partial charge on any atom is 0.416 e. The Balaban J connectivity index is 0.000000211. The molecule has 2 saturated heterocycles. The number of rotatable bonds is 18. The molecule has 380 valence electrons. The molecule has 0 unspecified atom stereocenters. The molecule has 16 nitrogen and oxygen atoms in total. The summed E-state index contributed by atoms with van der Waals surface area (Å²) in [5, 5.41) is 17.2. The van der Waals surface area contributed by atoms with Crippen LogP contribution in [-0.4, -0.2) is 84.5 Å². The second-order valence-electron chi connectivity index (χ2n) is 16.4. The fourth-order valence-electron chi connectivity index (χ4n) is 7.44. The highest BCUT2D eigenvalue weighted by Crippen LogP contribution is 2.36. The van der Waals surface area contributed by atoms with E-state index < -0.39 is 35.3 Å². The van der Waals surface area contributed by atoms with Crippen molar-refractivity contribution in [2.75, 3.05) is 72.4 Å². The quantitative estimate of drug-likeness (QED) is 0.0445. The largest absolute Gasteiger partial charge is 0.491 e. The molecule has 2 aromatic carbocycles. The van der Waals surface area contributed by atoms with Crippen molar-refractivity contribution in [1.82, 2.24) is 19.9 Å². The molecule has 2 atom stereocenters. The lowest BCUT2D eigenvalue weighted by Gasteiger charge is -2.16. The van der Waals surface area contributed by atoms with Crippen LogP contribution in [0.15, 0.2) is 110 Å².